The Hall–Kier alpha value is -1.55. The van der Waals surface area contributed by atoms with Gasteiger partial charge in [-0.3, -0.25) is 4.79 Å². The molecule has 21 heavy (non-hydrogen) atoms. The van der Waals surface area contributed by atoms with Crippen LogP contribution in [0.5, 0.6) is 5.75 Å². The van der Waals surface area contributed by atoms with Crippen molar-refractivity contribution in [3.63, 3.8) is 0 Å². The summed E-state index contributed by atoms with van der Waals surface area (Å²) in [6.45, 7) is 2.71. The predicted molar refractivity (Wildman–Crippen MR) is 82.6 cm³/mol. The first-order valence-electron chi connectivity index (χ1n) is 7.94. The van der Waals surface area contributed by atoms with Gasteiger partial charge < -0.3 is 15.0 Å². The van der Waals surface area contributed by atoms with E-state index in [0.29, 0.717) is 11.8 Å². The lowest BCUT2D eigenvalue weighted by atomic mass is 9.98. The first kappa shape index (κ1) is 14.4. The van der Waals surface area contributed by atoms with Gasteiger partial charge in [-0.25, -0.2) is 0 Å². The highest BCUT2D eigenvalue weighted by molar-refractivity contribution is 5.82. The van der Waals surface area contributed by atoms with E-state index < -0.39 is 0 Å². The van der Waals surface area contributed by atoms with Gasteiger partial charge in [0, 0.05) is 19.0 Å². The number of nitrogens with one attached hydrogen (secondary N) is 1. The monoisotopic (exact) mass is 288 g/mol. The highest BCUT2D eigenvalue weighted by Gasteiger charge is 2.31. The summed E-state index contributed by atoms with van der Waals surface area (Å²) in [5.41, 5.74) is 1.31. The summed E-state index contributed by atoms with van der Waals surface area (Å²) in [7, 11) is 1.68. The minimum absolute atomic E-state index is 0.0494. The summed E-state index contributed by atoms with van der Waals surface area (Å²) in [5, 5.41) is 3.36. The van der Waals surface area contributed by atoms with Gasteiger partial charge in [0.2, 0.25) is 5.91 Å². The lowest BCUT2D eigenvalue weighted by Gasteiger charge is -2.27. The summed E-state index contributed by atoms with van der Waals surface area (Å²) in [4.78, 5) is 14.6. The highest BCUT2D eigenvalue weighted by Crippen LogP contribution is 2.29. The number of carbonyl (C=O) groups excluding carboxylic acids is 1. The minimum atomic E-state index is 0.0494. The molecule has 114 valence electrons. The van der Waals surface area contributed by atoms with Gasteiger partial charge >= 0.3 is 0 Å². The molecule has 0 radical (unpaired) electrons. The molecule has 0 aliphatic carbocycles. The van der Waals surface area contributed by atoms with E-state index in [9.17, 15) is 4.79 Å². The second-order valence-corrected chi connectivity index (χ2v) is 6.05. The van der Waals surface area contributed by atoms with Crippen LogP contribution in [0.2, 0.25) is 0 Å². The maximum Gasteiger partial charge on any atom is 0.239 e. The van der Waals surface area contributed by atoms with E-state index in [1.165, 1.54) is 18.4 Å². The maximum absolute atomic E-state index is 12.5. The van der Waals surface area contributed by atoms with Crippen molar-refractivity contribution in [1.29, 1.82) is 0 Å². The van der Waals surface area contributed by atoms with Crippen LogP contribution < -0.4 is 10.1 Å². The maximum atomic E-state index is 12.5. The van der Waals surface area contributed by atoms with Crippen LogP contribution in [0, 0.1) is 0 Å². The molecular formula is C17H24N2O2. The molecular weight excluding hydrogens is 264 g/mol. The summed E-state index contributed by atoms with van der Waals surface area (Å²) < 4.78 is 5.20. The molecule has 1 aromatic rings. The smallest absolute Gasteiger partial charge is 0.239 e. The Morgan fingerprint density at radius 3 is 2.71 bits per heavy atom. The molecule has 4 nitrogen and oxygen atoms in total. The molecule has 0 saturated carbocycles. The first-order valence-corrected chi connectivity index (χ1v) is 7.94. The number of rotatable bonds is 3. The molecule has 2 atom stereocenters. The van der Waals surface area contributed by atoms with Crippen molar-refractivity contribution in [1.82, 2.24) is 10.2 Å². The van der Waals surface area contributed by atoms with E-state index in [4.69, 9.17) is 4.74 Å². The fourth-order valence-corrected chi connectivity index (χ4v) is 3.39. The number of nitrogens with zero attached hydrogens (tertiary/aromatic N) is 1. The second-order valence-electron chi connectivity index (χ2n) is 6.05. The lowest BCUT2D eigenvalue weighted by Crippen LogP contribution is -2.47. The Bertz CT molecular complexity index is 480. The van der Waals surface area contributed by atoms with E-state index in [0.717, 1.165) is 38.2 Å². The number of carbonyl (C=O) groups is 1. The summed E-state index contributed by atoms with van der Waals surface area (Å²) in [6, 6.07) is 8.30. The van der Waals surface area contributed by atoms with Crippen molar-refractivity contribution >= 4 is 5.91 Å². The third kappa shape index (κ3) is 3.21. The van der Waals surface area contributed by atoms with Crippen LogP contribution in [0.3, 0.4) is 0 Å². The number of hydrogen-bond acceptors (Lipinski definition) is 3. The van der Waals surface area contributed by atoms with E-state index in [1.54, 1.807) is 7.11 Å². The molecule has 0 spiro atoms. The van der Waals surface area contributed by atoms with Crippen molar-refractivity contribution in [3.8, 4) is 5.75 Å². The van der Waals surface area contributed by atoms with Crippen LogP contribution in [0.25, 0.3) is 0 Å². The average Bonchev–Trinajstić information content (AvgIpc) is 3.05. The SMILES string of the molecule is COc1ccc(C2CCN(C(=O)C3CCCCN3)C2)cc1. The first-order chi connectivity index (χ1) is 10.3. The number of piperidine rings is 1. The van der Waals surface area contributed by atoms with Crippen molar-refractivity contribution in [3.05, 3.63) is 29.8 Å². The number of methoxy groups -OCH3 is 1. The third-order valence-electron chi connectivity index (χ3n) is 4.70. The van der Waals surface area contributed by atoms with Gasteiger partial charge in [0.15, 0.2) is 0 Å². The van der Waals surface area contributed by atoms with Crippen LogP contribution in [-0.4, -0.2) is 43.6 Å². The normalized spacial score (nSPS) is 25.9. The van der Waals surface area contributed by atoms with E-state index in [-0.39, 0.29) is 6.04 Å². The number of amides is 1. The zero-order valence-corrected chi connectivity index (χ0v) is 12.7. The zero-order valence-electron chi connectivity index (χ0n) is 12.7. The minimum Gasteiger partial charge on any atom is -0.497 e. The van der Waals surface area contributed by atoms with Gasteiger partial charge in [0.1, 0.15) is 5.75 Å². The molecule has 4 heteroatoms. The van der Waals surface area contributed by atoms with Crippen molar-refractivity contribution < 1.29 is 9.53 Å². The van der Waals surface area contributed by atoms with Crippen molar-refractivity contribution in [2.45, 2.75) is 37.6 Å². The molecule has 2 saturated heterocycles. The van der Waals surface area contributed by atoms with Gasteiger partial charge in [0.25, 0.3) is 0 Å². The van der Waals surface area contributed by atoms with Gasteiger partial charge in [-0.1, -0.05) is 18.6 Å². The summed E-state index contributed by atoms with van der Waals surface area (Å²) in [6.07, 6.45) is 4.41. The van der Waals surface area contributed by atoms with Gasteiger partial charge in [0.05, 0.1) is 13.2 Å². The largest absolute Gasteiger partial charge is 0.497 e. The Balaban J connectivity index is 1.60. The van der Waals surface area contributed by atoms with Gasteiger partial charge in [-0.2, -0.15) is 0 Å². The summed E-state index contributed by atoms with van der Waals surface area (Å²) >= 11 is 0. The van der Waals surface area contributed by atoms with Gasteiger partial charge in [-0.05, 0) is 43.5 Å². The molecule has 1 N–H and O–H groups in total. The highest BCUT2D eigenvalue weighted by atomic mass is 16.5. The molecule has 0 bridgehead atoms. The standard InChI is InChI=1S/C17H24N2O2/c1-21-15-7-5-13(6-8-15)14-9-11-19(12-14)17(20)16-4-2-3-10-18-16/h5-8,14,16,18H,2-4,9-12H2,1H3. The summed E-state index contributed by atoms with van der Waals surface area (Å²) in [5.74, 6) is 1.64. The van der Waals surface area contributed by atoms with Crippen molar-refractivity contribution in [2.24, 2.45) is 0 Å². The number of ether oxygens (including phenoxy) is 1. The quantitative estimate of drug-likeness (QED) is 0.926. The zero-order chi connectivity index (χ0) is 14.7. The number of benzene rings is 1. The molecule has 0 aromatic heterocycles. The number of hydrogen-bond donors (Lipinski definition) is 1. The number of likely N-dealkylation sites (tertiary alicyclic amines) is 1. The van der Waals surface area contributed by atoms with Crippen LogP contribution in [0.4, 0.5) is 0 Å². The van der Waals surface area contributed by atoms with E-state index in [2.05, 4.69) is 17.4 Å². The van der Waals surface area contributed by atoms with Crippen LogP contribution in [0.1, 0.15) is 37.2 Å². The molecule has 1 aromatic carbocycles. The Kier molecular flexibility index (Phi) is 4.44. The molecule has 2 heterocycles. The van der Waals surface area contributed by atoms with E-state index in [1.807, 2.05) is 17.0 Å². The Labute approximate surface area is 126 Å². The Morgan fingerprint density at radius 2 is 2.05 bits per heavy atom. The second kappa shape index (κ2) is 6.48. The lowest BCUT2D eigenvalue weighted by molar-refractivity contribution is -0.133. The molecule has 2 aliphatic rings. The van der Waals surface area contributed by atoms with Crippen LogP contribution >= 0.6 is 0 Å². The molecule has 2 fully saturated rings. The third-order valence-corrected chi connectivity index (χ3v) is 4.70. The van der Waals surface area contributed by atoms with Gasteiger partial charge in [-0.15, -0.1) is 0 Å². The van der Waals surface area contributed by atoms with Crippen LogP contribution in [-0.2, 0) is 4.79 Å². The molecule has 1 amide bonds. The molecule has 2 aliphatic heterocycles. The fourth-order valence-electron chi connectivity index (χ4n) is 3.39. The van der Waals surface area contributed by atoms with E-state index >= 15 is 0 Å². The Morgan fingerprint density at radius 1 is 1.24 bits per heavy atom. The van der Waals surface area contributed by atoms with Crippen molar-refractivity contribution in [2.75, 3.05) is 26.7 Å². The average molecular weight is 288 g/mol. The topological polar surface area (TPSA) is 41.6 Å². The van der Waals surface area contributed by atoms with Crippen LogP contribution in [0.15, 0.2) is 24.3 Å². The fraction of sp³-hybridized carbons (Fsp3) is 0.588. The molecule has 3 rings (SSSR count). The predicted octanol–water partition coefficient (Wildman–Crippen LogP) is 2.15. The molecule has 2 unspecified atom stereocenters.